The van der Waals surface area contributed by atoms with Gasteiger partial charge in [-0.25, -0.2) is 0 Å². The van der Waals surface area contributed by atoms with E-state index in [9.17, 15) is 0 Å². The Hall–Kier alpha value is -0.260. The zero-order chi connectivity index (χ0) is 8.10. The topological polar surface area (TPSA) is 0 Å². The monoisotopic (exact) mass is 152 g/mol. The number of hydrogen-bond donors (Lipinski definition) is 0. The van der Waals surface area contributed by atoms with Crippen LogP contribution in [0.15, 0.2) is 11.1 Å². The van der Waals surface area contributed by atoms with E-state index in [4.69, 9.17) is 0 Å². The first-order chi connectivity index (χ1) is 5.38. The highest BCUT2D eigenvalue weighted by atomic mass is 14.2. The van der Waals surface area contributed by atoms with E-state index in [0.29, 0.717) is 0 Å². The summed E-state index contributed by atoms with van der Waals surface area (Å²) >= 11 is 0. The van der Waals surface area contributed by atoms with Crippen molar-refractivity contribution >= 4 is 0 Å². The third-order valence-electron chi connectivity index (χ3n) is 2.51. The molecule has 1 aliphatic rings. The van der Waals surface area contributed by atoms with Crippen LogP contribution in [0.5, 0.6) is 0 Å². The number of allylic oxidation sites excluding steroid dienone is 2. The molecule has 0 spiro atoms. The molecule has 0 heterocycles. The number of rotatable bonds is 5. The Morgan fingerprint density at radius 1 is 1.18 bits per heavy atom. The number of hydrogen-bond acceptors (Lipinski definition) is 0. The minimum atomic E-state index is 1.30. The normalized spacial score (nSPS) is 15.3. The summed E-state index contributed by atoms with van der Waals surface area (Å²) < 4.78 is 0. The summed E-state index contributed by atoms with van der Waals surface area (Å²) in [5, 5.41) is 0. The molecule has 1 rings (SSSR count). The molecule has 1 aliphatic carbocycles. The Bertz CT molecular complexity index is 136. The lowest BCUT2D eigenvalue weighted by Gasteiger charge is -2.02. The fraction of sp³-hybridized carbons (Fsp3) is 0.818. The van der Waals surface area contributed by atoms with Crippen molar-refractivity contribution in [2.45, 2.75) is 58.8 Å². The van der Waals surface area contributed by atoms with E-state index in [1.54, 1.807) is 11.1 Å². The van der Waals surface area contributed by atoms with Crippen LogP contribution in [0.2, 0.25) is 0 Å². The standard InChI is InChI=1S/C11H20/c1-3-5-6-7-10(4-2)11-8-9-11/h3-9H2,1-2H3. The van der Waals surface area contributed by atoms with Crippen molar-refractivity contribution in [3.8, 4) is 0 Å². The molecule has 64 valence electrons. The van der Waals surface area contributed by atoms with E-state index in [1.165, 1.54) is 44.9 Å². The molecule has 0 aliphatic heterocycles. The van der Waals surface area contributed by atoms with E-state index in [2.05, 4.69) is 13.8 Å². The molecule has 0 heteroatoms. The summed E-state index contributed by atoms with van der Waals surface area (Å²) in [5.74, 6) is 0. The van der Waals surface area contributed by atoms with Gasteiger partial charge < -0.3 is 0 Å². The molecule has 1 saturated carbocycles. The Labute approximate surface area is 70.7 Å². The lowest BCUT2D eigenvalue weighted by Crippen LogP contribution is -1.82. The van der Waals surface area contributed by atoms with E-state index in [-0.39, 0.29) is 0 Å². The van der Waals surface area contributed by atoms with Crippen molar-refractivity contribution in [1.82, 2.24) is 0 Å². The SMILES string of the molecule is CCCCCC(CC)=C1CC1. The van der Waals surface area contributed by atoms with Crippen molar-refractivity contribution in [1.29, 1.82) is 0 Å². The van der Waals surface area contributed by atoms with Gasteiger partial charge >= 0.3 is 0 Å². The highest BCUT2D eigenvalue weighted by Gasteiger charge is 2.15. The van der Waals surface area contributed by atoms with Gasteiger partial charge in [0.05, 0.1) is 0 Å². The largest absolute Gasteiger partial charge is 0.0713 e. The maximum atomic E-state index is 2.30. The van der Waals surface area contributed by atoms with Crippen LogP contribution in [-0.4, -0.2) is 0 Å². The number of unbranched alkanes of at least 4 members (excludes halogenated alkanes) is 2. The summed E-state index contributed by atoms with van der Waals surface area (Å²) in [6.07, 6.45) is 9.70. The maximum absolute atomic E-state index is 2.30. The lowest BCUT2D eigenvalue weighted by atomic mass is 10.0. The van der Waals surface area contributed by atoms with Gasteiger partial charge in [-0.2, -0.15) is 0 Å². The zero-order valence-corrected chi connectivity index (χ0v) is 7.95. The second-order valence-electron chi connectivity index (χ2n) is 3.52. The van der Waals surface area contributed by atoms with Crippen molar-refractivity contribution in [3.05, 3.63) is 11.1 Å². The van der Waals surface area contributed by atoms with Gasteiger partial charge in [0.15, 0.2) is 0 Å². The van der Waals surface area contributed by atoms with Gasteiger partial charge in [0.2, 0.25) is 0 Å². The Kier molecular flexibility index (Phi) is 3.68. The Morgan fingerprint density at radius 2 is 1.91 bits per heavy atom. The first-order valence-electron chi connectivity index (χ1n) is 5.08. The molecule has 0 aromatic carbocycles. The van der Waals surface area contributed by atoms with Crippen molar-refractivity contribution in [2.75, 3.05) is 0 Å². The molecular weight excluding hydrogens is 132 g/mol. The van der Waals surface area contributed by atoms with Gasteiger partial charge in [-0.15, -0.1) is 0 Å². The molecule has 0 N–H and O–H groups in total. The van der Waals surface area contributed by atoms with Crippen LogP contribution in [0.1, 0.15) is 58.8 Å². The van der Waals surface area contributed by atoms with Gasteiger partial charge in [0, 0.05) is 0 Å². The van der Waals surface area contributed by atoms with Crippen LogP contribution in [0.3, 0.4) is 0 Å². The zero-order valence-electron chi connectivity index (χ0n) is 7.95. The molecule has 0 radical (unpaired) electrons. The van der Waals surface area contributed by atoms with Gasteiger partial charge in [-0.1, -0.05) is 37.8 Å². The molecule has 1 fully saturated rings. The Morgan fingerprint density at radius 3 is 2.36 bits per heavy atom. The fourth-order valence-corrected chi connectivity index (χ4v) is 1.61. The van der Waals surface area contributed by atoms with E-state index in [1.807, 2.05) is 0 Å². The predicted molar refractivity (Wildman–Crippen MR) is 50.7 cm³/mol. The van der Waals surface area contributed by atoms with Crippen molar-refractivity contribution < 1.29 is 0 Å². The minimum Gasteiger partial charge on any atom is -0.0713 e. The summed E-state index contributed by atoms with van der Waals surface area (Å²) in [7, 11) is 0. The third-order valence-corrected chi connectivity index (χ3v) is 2.51. The van der Waals surface area contributed by atoms with Crippen LogP contribution in [0.25, 0.3) is 0 Å². The lowest BCUT2D eigenvalue weighted by molar-refractivity contribution is 0.700. The van der Waals surface area contributed by atoms with Crippen molar-refractivity contribution in [2.24, 2.45) is 0 Å². The quantitative estimate of drug-likeness (QED) is 0.411. The first-order valence-corrected chi connectivity index (χ1v) is 5.08. The smallest absolute Gasteiger partial charge is 0.0280 e. The minimum absolute atomic E-state index is 1.30. The van der Waals surface area contributed by atoms with E-state index >= 15 is 0 Å². The molecule has 0 atom stereocenters. The average molecular weight is 152 g/mol. The summed E-state index contributed by atoms with van der Waals surface area (Å²) in [4.78, 5) is 0. The summed E-state index contributed by atoms with van der Waals surface area (Å²) in [6.45, 7) is 4.57. The van der Waals surface area contributed by atoms with Crippen molar-refractivity contribution in [3.63, 3.8) is 0 Å². The highest BCUT2D eigenvalue weighted by Crippen LogP contribution is 2.34. The van der Waals surface area contributed by atoms with Crippen LogP contribution < -0.4 is 0 Å². The Balaban J connectivity index is 2.17. The summed E-state index contributed by atoms with van der Waals surface area (Å²) in [6, 6.07) is 0. The van der Waals surface area contributed by atoms with Crippen LogP contribution in [0.4, 0.5) is 0 Å². The maximum Gasteiger partial charge on any atom is -0.0280 e. The van der Waals surface area contributed by atoms with E-state index in [0.717, 1.165) is 0 Å². The predicted octanol–water partition coefficient (Wildman–Crippen LogP) is 4.07. The van der Waals surface area contributed by atoms with Crippen LogP contribution in [0, 0.1) is 0 Å². The second kappa shape index (κ2) is 4.58. The molecule has 11 heavy (non-hydrogen) atoms. The molecule has 0 amide bonds. The van der Waals surface area contributed by atoms with Gasteiger partial charge in [0.25, 0.3) is 0 Å². The average Bonchev–Trinajstić information content (AvgIpc) is 2.81. The molecular formula is C11H20. The highest BCUT2D eigenvalue weighted by molar-refractivity contribution is 5.24. The van der Waals surface area contributed by atoms with Gasteiger partial charge in [-0.3, -0.25) is 0 Å². The molecule has 0 aromatic heterocycles. The van der Waals surface area contributed by atoms with Crippen LogP contribution in [-0.2, 0) is 0 Å². The fourth-order valence-electron chi connectivity index (χ4n) is 1.61. The third kappa shape index (κ3) is 3.09. The van der Waals surface area contributed by atoms with Gasteiger partial charge in [0.1, 0.15) is 0 Å². The van der Waals surface area contributed by atoms with Gasteiger partial charge in [-0.05, 0) is 32.1 Å². The molecule has 0 nitrogen and oxygen atoms in total. The van der Waals surface area contributed by atoms with Crippen LogP contribution >= 0.6 is 0 Å². The molecule has 0 bridgehead atoms. The molecule has 0 unspecified atom stereocenters. The first kappa shape index (κ1) is 8.83. The summed E-state index contributed by atoms with van der Waals surface area (Å²) in [5.41, 5.74) is 3.56. The molecule has 0 saturated heterocycles. The second-order valence-corrected chi connectivity index (χ2v) is 3.52. The van der Waals surface area contributed by atoms with E-state index < -0.39 is 0 Å². The molecule has 0 aromatic rings.